The van der Waals surface area contributed by atoms with Crippen LogP contribution in [0.4, 0.5) is 0 Å². The second kappa shape index (κ2) is 2.00. The zero-order valence-corrected chi connectivity index (χ0v) is 4.85. The molecule has 1 heterocycles. The molecular formula is C4H4N2OS. The van der Waals surface area contributed by atoms with E-state index >= 15 is 0 Å². The Morgan fingerprint density at radius 3 is 2.88 bits per heavy atom. The van der Waals surface area contributed by atoms with Crippen LogP contribution in [0, 0.1) is 5.41 Å². The summed E-state index contributed by atoms with van der Waals surface area (Å²) in [5, 5.41) is 7.09. The molecule has 0 radical (unpaired) electrons. The molecule has 0 aliphatic carbocycles. The molecule has 8 heavy (non-hydrogen) atoms. The van der Waals surface area contributed by atoms with E-state index in [0.29, 0.717) is 10.8 Å². The topological polar surface area (TPSA) is 49.9 Å². The highest BCUT2D eigenvalue weighted by Crippen LogP contribution is 2.07. The standard InChI is InChI=1S/C4H4N2OS/c5-1-3-4(8)7-2-6-3/h1-2,5,8H. The second-order valence-corrected chi connectivity index (χ2v) is 1.59. The summed E-state index contributed by atoms with van der Waals surface area (Å²) < 4.78 is 4.66. The van der Waals surface area contributed by atoms with Crippen LogP contribution in [0.15, 0.2) is 15.9 Å². The largest absolute Gasteiger partial charge is 0.437 e. The summed E-state index contributed by atoms with van der Waals surface area (Å²) in [4.78, 5) is 3.65. The van der Waals surface area contributed by atoms with Crippen molar-refractivity contribution in [1.82, 2.24) is 4.98 Å². The lowest BCUT2D eigenvalue weighted by molar-refractivity contribution is 0.471. The van der Waals surface area contributed by atoms with Gasteiger partial charge in [0.05, 0.1) is 0 Å². The minimum absolute atomic E-state index is 0.389. The lowest BCUT2D eigenvalue weighted by atomic mass is 10.5. The van der Waals surface area contributed by atoms with Gasteiger partial charge < -0.3 is 9.83 Å². The first-order valence-electron chi connectivity index (χ1n) is 1.97. The average molecular weight is 128 g/mol. The van der Waals surface area contributed by atoms with Crippen LogP contribution in [0.3, 0.4) is 0 Å². The van der Waals surface area contributed by atoms with Gasteiger partial charge in [0.25, 0.3) is 0 Å². The van der Waals surface area contributed by atoms with E-state index in [9.17, 15) is 0 Å². The van der Waals surface area contributed by atoms with E-state index in [0.717, 1.165) is 6.21 Å². The van der Waals surface area contributed by atoms with Crippen molar-refractivity contribution in [3.63, 3.8) is 0 Å². The van der Waals surface area contributed by atoms with Crippen LogP contribution in [-0.4, -0.2) is 11.2 Å². The van der Waals surface area contributed by atoms with Gasteiger partial charge in [-0.3, -0.25) is 0 Å². The average Bonchev–Trinajstić information content (AvgIpc) is 2.14. The molecule has 0 aliphatic rings. The smallest absolute Gasteiger partial charge is 0.186 e. The van der Waals surface area contributed by atoms with E-state index < -0.39 is 0 Å². The first-order chi connectivity index (χ1) is 3.84. The summed E-state index contributed by atoms with van der Waals surface area (Å²) in [7, 11) is 0. The SMILES string of the molecule is N=Cc1ncoc1S. The fourth-order valence-corrected chi connectivity index (χ4v) is 0.517. The third-order valence-corrected chi connectivity index (χ3v) is 1.05. The number of nitrogens with zero attached hydrogens (tertiary/aromatic N) is 1. The van der Waals surface area contributed by atoms with Gasteiger partial charge in [0.1, 0.15) is 5.69 Å². The molecule has 0 aromatic carbocycles. The van der Waals surface area contributed by atoms with Crippen LogP contribution >= 0.6 is 12.6 Å². The molecule has 0 fully saturated rings. The molecule has 42 valence electrons. The number of rotatable bonds is 1. The highest BCUT2D eigenvalue weighted by molar-refractivity contribution is 7.80. The summed E-state index contributed by atoms with van der Waals surface area (Å²) in [6.07, 6.45) is 2.34. The molecule has 0 unspecified atom stereocenters. The first kappa shape index (κ1) is 5.37. The van der Waals surface area contributed by atoms with Crippen molar-refractivity contribution < 1.29 is 4.42 Å². The van der Waals surface area contributed by atoms with Gasteiger partial charge in [-0.2, -0.15) is 0 Å². The third-order valence-electron chi connectivity index (χ3n) is 0.712. The summed E-state index contributed by atoms with van der Waals surface area (Å²) >= 11 is 3.85. The van der Waals surface area contributed by atoms with Crippen molar-refractivity contribution in [2.45, 2.75) is 5.09 Å². The number of oxazole rings is 1. The molecule has 0 spiro atoms. The van der Waals surface area contributed by atoms with Crippen molar-refractivity contribution >= 4 is 18.8 Å². The van der Waals surface area contributed by atoms with Gasteiger partial charge in [-0.05, 0) is 0 Å². The summed E-state index contributed by atoms with van der Waals surface area (Å²) in [5.74, 6) is 0. The van der Waals surface area contributed by atoms with Crippen LogP contribution < -0.4 is 0 Å². The zero-order chi connectivity index (χ0) is 5.98. The molecule has 0 bridgehead atoms. The van der Waals surface area contributed by atoms with Crippen molar-refractivity contribution in [1.29, 1.82) is 5.41 Å². The lowest BCUT2D eigenvalue weighted by Crippen LogP contribution is -1.76. The number of hydrogen-bond acceptors (Lipinski definition) is 4. The monoisotopic (exact) mass is 128 g/mol. The van der Waals surface area contributed by atoms with Gasteiger partial charge in [-0.1, -0.05) is 0 Å². The van der Waals surface area contributed by atoms with Gasteiger partial charge in [-0.25, -0.2) is 4.98 Å². The Kier molecular flexibility index (Phi) is 1.34. The summed E-state index contributed by atoms with van der Waals surface area (Å²) in [5.41, 5.74) is 0.466. The van der Waals surface area contributed by atoms with Crippen LogP contribution in [-0.2, 0) is 0 Å². The van der Waals surface area contributed by atoms with Crippen LogP contribution in [0.1, 0.15) is 5.69 Å². The Morgan fingerprint density at radius 1 is 1.88 bits per heavy atom. The highest BCUT2D eigenvalue weighted by Gasteiger charge is 1.96. The molecule has 0 aliphatic heterocycles. The van der Waals surface area contributed by atoms with Crippen molar-refractivity contribution in [2.75, 3.05) is 0 Å². The van der Waals surface area contributed by atoms with Crippen molar-refractivity contribution in [2.24, 2.45) is 0 Å². The molecule has 4 heteroatoms. The minimum Gasteiger partial charge on any atom is -0.437 e. The molecule has 1 rings (SSSR count). The van der Waals surface area contributed by atoms with Gasteiger partial charge in [-0.15, -0.1) is 12.6 Å². The van der Waals surface area contributed by atoms with Crippen LogP contribution in [0.2, 0.25) is 0 Å². The molecular weight excluding hydrogens is 124 g/mol. The van der Waals surface area contributed by atoms with Gasteiger partial charge in [0, 0.05) is 6.21 Å². The Balaban J connectivity index is 3.09. The normalized spacial score (nSPS) is 9.12. The number of nitrogens with one attached hydrogen (secondary N) is 1. The summed E-state index contributed by atoms with van der Waals surface area (Å²) in [6, 6.07) is 0. The molecule has 0 saturated carbocycles. The maximum Gasteiger partial charge on any atom is 0.186 e. The van der Waals surface area contributed by atoms with Gasteiger partial charge >= 0.3 is 0 Å². The predicted molar refractivity (Wildman–Crippen MR) is 31.6 cm³/mol. The molecule has 3 nitrogen and oxygen atoms in total. The fraction of sp³-hybridized carbons (Fsp3) is 0. The Bertz CT molecular complexity index is 196. The van der Waals surface area contributed by atoms with Crippen LogP contribution in [0.25, 0.3) is 0 Å². The molecule has 0 atom stereocenters. The van der Waals surface area contributed by atoms with E-state index in [1.807, 2.05) is 0 Å². The maximum atomic E-state index is 6.70. The molecule has 0 amide bonds. The third kappa shape index (κ3) is 0.742. The highest BCUT2D eigenvalue weighted by atomic mass is 32.1. The van der Waals surface area contributed by atoms with E-state index in [1.54, 1.807) is 0 Å². The lowest BCUT2D eigenvalue weighted by Gasteiger charge is -1.76. The van der Waals surface area contributed by atoms with Crippen molar-refractivity contribution in [3.8, 4) is 0 Å². The Labute approximate surface area is 51.7 Å². The first-order valence-corrected chi connectivity index (χ1v) is 2.42. The second-order valence-electron chi connectivity index (χ2n) is 1.19. The van der Waals surface area contributed by atoms with E-state index in [2.05, 4.69) is 22.0 Å². The predicted octanol–water partition coefficient (Wildman–Crippen LogP) is 0.961. The summed E-state index contributed by atoms with van der Waals surface area (Å²) in [6.45, 7) is 0. The number of aromatic nitrogens is 1. The number of hydrogen-bond donors (Lipinski definition) is 2. The van der Waals surface area contributed by atoms with Crippen molar-refractivity contribution in [3.05, 3.63) is 12.1 Å². The maximum absolute atomic E-state index is 6.70. The zero-order valence-electron chi connectivity index (χ0n) is 3.96. The van der Waals surface area contributed by atoms with Crippen LogP contribution in [0.5, 0.6) is 0 Å². The van der Waals surface area contributed by atoms with E-state index in [-0.39, 0.29) is 0 Å². The van der Waals surface area contributed by atoms with Gasteiger partial charge in [0.2, 0.25) is 0 Å². The quantitative estimate of drug-likeness (QED) is 0.437. The van der Waals surface area contributed by atoms with E-state index in [1.165, 1.54) is 6.39 Å². The van der Waals surface area contributed by atoms with Gasteiger partial charge in [0.15, 0.2) is 11.5 Å². The fourth-order valence-electron chi connectivity index (χ4n) is 0.348. The Hall–Kier alpha value is -0.770. The Morgan fingerprint density at radius 2 is 2.62 bits per heavy atom. The number of thiol groups is 1. The molecule has 1 aromatic rings. The molecule has 0 saturated heterocycles. The molecule has 1 aromatic heterocycles. The minimum atomic E-state index is 0.389. The van der Waals surface area contributed by atoms with E-state index in [4.69, 9.17) is 5.41 Å². The molecule has 1 N–H and O–H groups in total.